The van der Waals surface area contributed by atoms with Gasteiger partial charge in [-0.3, -0.25) is 19.2 Å². The van der Waals surface area contributed by atoms with Gasteiger partial charge in [-0.05, 0) is 18.1 Å². The predicted octanol–water partition coefficient (Wildman–Crippen LogP) is 1.31. The fourth-order valence-corrected chi connectivity index (χ4v) is 3.98. The molecule has 1 aromatic heterocycles. The Kier molecular flexibility index (Phi) is 9.61. The van der Waals surface area contributed by atoms with Gasteiger partial charge in [0.05, 0.1) is 18.8 Å². The summed E-state index contributed by atoms with van der Waals surface area (Å²) >= 11 is 1.07. The van der Waals surface area contributed by atoms with Gasteiger partial charge in [-0.25, -0.2) is 0 Å². The van der Waals surface area contributed by atoms with Crippen molar-refractivity contribution in [3.05, 3.63) is 36.0 Å². The number of hydrogen-bond acceptors (Lipinski definition) is 7. The Labute approximate surface area is 190 Å². The smallest absolute Gasteiger partial charge is 0.243 e. The summed E-state index contributed by atoms with van der Waals surface area (Å²) in [6, 6.07) is 5.72. The van der Waals surface area contributed by atoms with Gasteiger partial charge in [0.15, 0.2) is 5.78 Å². The average Bonchev–Trinajstić information content (AvgIpc) is 3.17. The van der Waals surface area contributed by atoms with Crippen LogP contribution in [0, 0.1) is 5.41 Å². The molecule has 1 heterocycles. The van der Waals surface area contributed by atoms with Gasteiger partial charge in [-0.1, -0.05) is 43.8 Å². The first-order valence-corrected chi connectivity index (χ1v) is 11.2. The number of nitrogens with two attached hydrogens (primary N) is 1. The van der Waals surface area contributed by atoms with Crippen LogP contribution in [0.4, 0.5) is 0 Å². The quantitative estimate of drug-likeness (QED) is 0.301. The molecule has 9 nitrogen and oxygen atoms in total. The number of aromatic amines is 1. The standard InChI is InChI=1S/C22H29N5O4S/c1-13(2)32-22(31)18(8-7-15(28)10-23)27-21(30)19(26-20(29)11-24)9-14-12-25-17-6-4-3-5-16(14)17/h3-6,10,12-13,18-19,23,25H,7-9,11,24H2,1-2H3,(H,26,29)(H,27,30)/t18-,19-/m0/s1. The van der Waals surface area contributed by atoms with Gasteiger partial charge in [0.1, 0.15) is 6.04 Å². The van der Waals surface area contributed by atoms with E-state index in [1.807, 2.05) is 38.1 Å². The highest BCUT2D eigenvalue weighted by Crippen LogP contribution is 2.20. The molecule has 32 heavy (non-hydrogen) atoms. The highest BCUT2D eigenvalue weighted by molar-refractivity contribution is 8.14. The van der Waals surface area contributed by atoms with Gasteiger partial charge < -0.3 is 26.8 Å². The molecule has 0 spiro atoms. The van der Waals surface area contributed by atoms with E-state index in [-0.39, 0.29) is 36.2 Å². The monoisotopic (exact) mass is 459 g/mol. The third-order valence-electron chi connectivity index (χ3n) is 4.73. The van der Waals surface area contributed by atoms with Crippen molar-refractivity contribution in [2.45, 2.75) is 50.4 Å². The Morgan fingerprint density at radius 1 is 1.16 bits per heavy atom. The van der Waals surface area contributed by atoms with Gasteiger partial charge in [0, 0.05) is 35.2 Å². The fourth-order valence-electron chi connectivity index (χ4n) is 3.18. The minimum atomic E-state index is -0.956. The van der Waals surface area contributed by atoms with Gasteiger partial charge in [0.25, 0.3) is 0 Å². The maximum absolute atomic E-state index is 13.1. The summed E-state index contributed by atoms with van der Waals surface area (Å²) in [5.41, 5.74) is 7.15. The number of hydrogen-bond donors (Lipinski definition) is 5. The molecule has 2 atom stereocenters. The van der Waals surface area contributed by atoms with Gasteiger partial charge in [-0.15, -0.1) is 0 Å². The van der Waals surface area contributed by atoms with Crippen molar-refractivity contribution in [1.29, 1.82) is 5.41 Å². The third-order valence-corrected chi connectivity index (χ3v) is 5.72. The lowest BCUT2D eigenvalue weighted by atomic mass is 10.0. The summed E-state index contributed by atoms with van der Waals surface area (Å²) in [4.78, 5) is 52.4. The van der Waals surface area contributed by atoms with Gasteiger partial charge in [-0.2, -0.15) is 0 Å². The Morgan fingerprint density at radius 3 is 2.53 bits per heavy atom. The van der Waals surface area contributed by atoms with Crippen LogP contribution in [-0.4, -0.2) is 57.8 Å². The van der Waals surface area contributed by atoms with E-state index in [1.54, 1.807) is 6.20 Å². The molecule has 0 radical (unpaired) electrons. The molecule has 0 unspecified atom stereocenters. The molecule has 172 valence electrons. The predicted molar refractivity (Wildman–Crippen MR) is 126 cm³/mol. The molecule has 2 aromatic rings. The van der Waals surface area contributed by atoms with Crippen LogP contribution >= 0.6 is 11.8 Å². The maximum Gasteiger partial charge on any atom is 0.243 e. The number of nitrogens with one attached hydrogen (secondary N) is 4. The number of amides is 2. The van der Waals surface area contributed by atoms with Crippen LogP contribution in [0.5, 0.6) is 0 Å². The number of fused-ring (bicyclic) bond motifs is 1. The van der Waals surface area contributed by atoms with E-state index in [2.05, 4.69) is 15.6 Å². The number of benzene rings is 1. The molecule has 10 heteroatoms. The summed E-state index contributed by atoms with van der Waals surface area (Å²) in [6.07, 6.45) is 2.70. The molecule has 0 aliphatic rings. The molecule has 0 saturated carbocycles. The second kappa shape index (κ2) is 12.2. The van der Waals surface area contributed by atoms with E-state index in [0.29, 0.717) is 6.21 Å². The van der Waals surface area contributed by atoms with E-state index >= 15 is 0 Å². The van der Waals surface area contributed by atoms with Crippen LogP contribution in [0.15, 0.2) is 30.5 Å². The molecule has 0 bridgehead atoms. The topological polar surface area (TPSA) is 158 Å². The second-order valence-electron chi connectivity index (χ2n) is 7.58. The first-order chi connectivity index (χ1) is 15.2. The van der Waals surface area contributed by atoms with Crippen molar-refractivity contribution in [3.63, 3.8) is 0 Å². The first-order valence-electron chi connectivity index (χ1n) is 10.3. The summed E-state index contributed by atoms with van der Waals surface area (Å²) in [6.45, 7) is 3.42. The molecule has 0 saturated heterocycles. The molecule has 6 N–H and O–H groups in total. The highest BCUT2D eigenvalue weighted by Gasteiger charge is 2.28. The number of ketones is 1. The van der Waals surface area contributed by atoms with Crippen LogP contribution in [-0.2, 0) is 25.6 Å². The Balaban J connectivity index is 2.22. The van der Waals surface area contributed by atoms with Crippen molar-refractivity contribution in [2.75, 3.05) is 6.54 Å². The number of carbonyl (C=O) groups excluding carboxylic acids is 4. The van der Waals surface area contributed by atoms with E-state index in [1.165, 1.54) is 0 Å². The first kappa shape index (κ1) is 25.3. The Hall–Kier alpha value is -2.98. The number of aromatic nitrogens is 1. The van der Waals surface area contributed by atoms with Gasteiger partial charge >= 0.3 is 0 Å². The molecule has 0 fully saturated rings. The average molecular weight is 460 g/mol. The zero-order chi connectivity index (χ0) is 23.7. The Bertz CT molecular complexity index is 988. The molecule has 0 aliphatic carbocycles. The minimum absolute atomic E-state index is 0.000647. The zero-order valence-electron chi connectivity index (χ0n) is 18.1. The van der Waals surface area contributed by atoms with Crippen molar-refractivity contribution >= 4 is 51.6 Å². The lowest BCUT2D eigenvalue weighted by molar-refractivity contribution is -0.130. The Morgan fingerprint density at radius 2 is 1.88 bits per heavy atom. The number of thioether (sulfide) groups is 1. The molecule has 2 rings (SSSR count). The largest absolute Gasteiger partial charge is 0.361 e. The van der Waals surface area contributed by atoms with Crippen molar-refractivity contribution in [3.8, 4) is 0 Å². The number of carbonyl (C=O) groups is 4. The van der Waals surface area contributed by atoms with E-state index in [4.69, 9.17) is 11.1 Å². The number of rotatable bonds is 12. The summed E-state index contributed by atoms with van der Waals surface area (Å²) in [7, 11) is 0. The molecule has 1 aromatic carbocycles. The van der Waals surface area contributed by atoms with Gasteiger partial charge in [0.2, 0.25) is 16.9 Å². The highest BCUT2D eigenvalue weighted by atomic mass is 32.2. The minimum Gasteiger partial charge on any atom is -0.361 e. The normalized spacial score (nSPS) is 12.9. The summed E-state index contributed by atoms with van der Waals surface area (Å²) in [5, 5.41) is 13.0. The van der Waals surface area contributed by atoms with Crippen molar-refractivity contribution in [1.82, 2.24) is 15.6 Å². The third kappa shape index (κ3) is 7.31. The van der Waals surface area contributed by atoms with E-state index < -0.39 is 29.7 Å². The van der Waals surface area contributed by atoms with Crippen molar-refractivity contribution < 1.29 is 19.2 Å². The van der Waals surface area contributed by atoms with E-state index in [9.17, 15) is 19.2 Å². The molecular weight excluding hydrogens is 430 g/mol. The molecule has 0 aliphatic heterocycles. The van der Waals surface area contributed by atoms with Crippen LogP contribution in [0.25, 0.3) is 10.9 Å². The fraction of sp³-hybridized carbons (Fsp3) is 0.409. The lowest BCUT2D eigenvalue weighted by Gasteiger charge is -2.23. The van der Waals surface area contributed by atoms with Crippen LogP contribution in [0.2, 0.25) is 0 Å². The molecule has 2 amide bonds. The zero-order valence-corrected chi connectivity index (χ0v) is 19.0. The number of para-hydroxylation sites is 1. The van der Waals surface area contributed by atoms with E-state index in [0.717, 1.165) is 28.2 Å². The summed E-state index contributed by atoms with van der Waals surface area (Å²) < 4.78 is 0. The van der Waals surface area contributed by atoms with Crippen LogP contribution in [0.1, 0.15) is 32.3 Å². The van der Waals surface area contributed by atoms with Crippen LogP contribution in [0.3, 0.4) is 0 Å². The van der Waals surface area contributed by atoms with Crippen LogP contribution < -0.4 is 16.4 Å². The lowest BCUT2D eigenvalue weighted by Crippen LogP contribution is -2.53. The SMILES string of the molecule is CC(C)SC(=O)[C@H](CCC(=O)C=N)NC(=O)[C@H](Cc1c[nH]c2ccccc12)NC(=O)CN. The molecular formula is C22H29N5O4S. The maximum atomic E-state index is 13.1. The summed E-state index contributed by atoms with van der Waals surface area (Å²) in [5.74, 6) is -1.47. The number of H-pyrrole nitrogens is 1. The number of Topliss-reactive ketones (excluding diaryl/α,β-unsaturated/α-hetero) is 1. The van der Waals surface area contributed by atoms with Crippen molar-refractivity contribution in [2.24, 2.45) is 5.73 Å². The second-order valence-corrected chi connectivity index (χ2v) is 9.16.